The second-order valence-corrected chi connectivity index (χ2v) is 6.64. The maximum absolute atomic E-state index is 12.7. The van der Waals surface area contributed by atoms with E-state index in [4.69, 9.17) is 0 Å². The average Bonchev–Trinajstić information content (AvgIpc) is 2.68. The highest BCUT2D eigenvalue weighted by molar-refractivity contribution is 5.68. The quantitative estimate of drug-likeness (QED) is 0.635. The molecule has 2 aromatic carbocycles. The number of hydrogen-bond acceptors (Lipinski definition) is 3. The number of halogens is 3. The van der Waals surface area contributed by atoms with Gasteiger partial charge in [-0.25, -0.2) is 9.97 Å². The van der Waals surface area contributed by atoms with Crippen LogP contribution in [-0.2, 0) is 19.0 Å². The van der Waals surface area contributed by atoms with E-state index in [0.717, 1.165) is 30.7 Å². The Kier molecular flexibility index (Phi) is 4.56. The van der Waals surface area contributed by atoms with Gasteiger partial charge in [0.1, 0.15) is 12.1 Å². The Morgan fingerprint density at radius 2 is 1.67 bits per heavy atom. The highest BCUT2D eigenvalue weighted by Gasteiger charge is 2.30. The molecule has 0 radical (unpaired) electrons. The van der Waals surface area contributed by atoms with Crippen molar-refractivity contribution in [3.05, 3.63) is 71.5 Å². The van der Waals surface area contributed by atoms with E-state index >= 15 is 0 Å². The van der Waals surface area contributed by atoms with Crippen LogP contribution in [0.4, 0.5) is 24.7 Å². The van der Waals surface area contributed by atoms with Crippen molar-refractivity contribution in [2.45, 2.75) is 31.9 Å². The normalized spacial score (nSPS) is 13.9. The Labute approximate surface area is 155 Å². The molecule has 1 aromatic heterocycles. The van der Waals surface area contributed by atoms with Crippen LogP contribution in [-0.4, -0.2) is 9.97 Å². The van der Waals surface area contributed by atoms with E-state index in [1.807, 2.05) is 12.1 Å². The summed E-state index contributed by atoms with van der Waals surface area (Å²) in [5, 5.41) is 3.35. The third kappa shape index (κ3) is 3.79. The molecule has 0 saturated heterocycles. The number of hydrogen-bond donors (Lipinski definition) is 1. The van der Waals surface area contributed by atoms with Gasteiger partial charge in [-0.2, -0.15) is 13.2 Å². The van der Waals surface area contributed by atoms with E-state index in [9.17, 15) is 13.2 Å². The third-order valence-corrected chi connectivity index (χ3v) is 4.83. The molecular formula is C21H18F3N3. The van der Waals surface area contributed by atoms with Gasteiger partial charge in [0.2, 0.25) is 0 Å². The SMILES string of the molecule is FC(F)(F)c1ccc(-c2cc(Nc3cccc4c3CCCC4)ncn2)cc1. The van der Waals surface area contributed by atoms with Crippen LogP contribution in [0.15, 0.2) is 54.9 Å². The molecule has 27 heavy (non-hydrogen) atoms. The largest absolute Gasteiger partial charge is 0.416 e. The lowest BCUT2D eigenvalue weighted by Crippen LogP contribution is -2.06. The monoisotopic (exact) mass is 369 g/mol. The van der Waals surface area contributed by atoms with Gasteiger partial charge in [0, 0.05) is 17.3 Å². The lowest BCUT2D eigenvalue weighted by molar-refractivity contribution is -0.137. The zero-order valence-electron chi connectivity index (χ0n) is 14.6. The van der Waals surface area contributed by atoms with Crippen molar-refractivity contribution in [3.8, 4) is 11.3 Å². The molecule has 4 rings (SSSR count). The number of aryl methyl sites for hydroxylation is 1. The highest BCUT2D eigenvalue weighted by Crippen LogP contribution is 2.32. The predicted octanol–water partition coefficient (Wildman–Crippen LogP) is 5.78. The Bertz CT molecular complexity index is 950. The molecule has 3 nitrogen and oxygen atoms in total. The fourth-order valence-electron chi connectivity index (χ4n) is 3.45. The molecule has 0 unspecified atom stereocenters. The average molecular weight is 369 g/mol. The summed E-state index contributed by atoms with van der Waals surface area (Å²) in [7, 11) is 0. The van der Waals surface area contributed by atoms with E-state index < -0.39 is 11.7 Å². The summed E-state index contributed by atoms with van der Waals surface area (Å²) in [6.07, 6.45) is 1.59. The number of nitrogens with one attached hydrogen (secondary N) is 1. The molecule has 6 heteroatoms. The number of aromatic nitrogens is 2. The van der Waals surface area contributed by atoms with Gasteiger partial charge < -0.3 is 5.32 Å². The van der Waals surface area contributed by atoms with Crippen LogP contribution in [0.1, 0.15) is 29.5 Å². The van der Waals surface area contributed by atoms with Gasteiger partial charge in [-0.3, -0.25) is 0 Å². The first kappa shape index (κ1) is 17.5. The number of anilines is 2. The Morgan fingerprint density at radius 3 is 2.44 bits per heavy atom. The van der Waals surface area contributed by atoms with Gasteiger partial charge in [-0.1, -0.05) is 24.3 Å². The molecule has 1 aliphatic carbocycles. The number of benzene rings is 2. The summed E-state index contributed by atoms with van der Waals surface area (Å²) < 4.78 is 38.2. The summed E-state index contributed by atoms with van der Waals surface area (Å²) in [5.74, 6) is 0.624. The van der Waals surface area contributed by atoms with E-state index in [2.05, 4.69) is 21.4 Å². The molecule has 0 atom stereocenters. The molecule has 1 aliphatic rings. The Morgan fingerprint density at radius 1 is 0.889 bits per heavy atom. The summed E-state index contributed by atoms with van der Waals surface area (Å²) in [4.78, 5) is 8.46. The van der Waals surface area contributed by atoms with Crippen molar-refractivity contribution in [2.75, 3.05) is 5.32 Å². The van der Waals surface area contributed by atoms with Gasteiger partial charge in [0.25, 0.3) is 0 Å². The molecule has 0 spiro atoms. The summed E-state index contributed by atoms with van der Waals surface area (Å²) in [6.45, 7) is 0. The Hall–Kier alpha value is -2.89. The smallest absolute Gasteiger partial charge is 0.340 e. The third-order valence-electron chi connectivity index (χ3n) is 4.83. The summed E-state index contributed by atoms with van der Waals surface area (Å²) in [6, 6.07) is 13.0. The van der Waals surface area contributed by atoms with Crippen molar-refractivity contribution >= 4 is 11.5 Å². The van der Waals surface area contributed by atoms with E-state index in [-0.39, 0.29) is 0 Å². The molecule has 1 N–H and O–H groups in total. The molecule has 1 heterocycles. The minimum atomic E-state index is -4.34. The first-order valence-electron chi connectivity index (χ1n) is 8.88. The van der Waals surface area contributed by atoms with Crippen LogP contribution in [0.5, 0.6) is 0 Å². The maximum Gasteiger partial charge on any atom is 0.416 e. The topological polar surface area (TPSA) is 37.8 Å². The van der Waals surface area contributed by atoms with Crippen LogP contribution < -0.4 is 5.32 Å². The van der Waals surface area contributed by atoms with Gasteiger partial charge in [-0.15, -0.1) is 0 Å². The lowest BCUT2D eigenvalue weighted by atomic mass is 9.90. The maximum atomic E-state index is 12.7. The van der Waals surface area contributed by atoms with Gasteiger partial charge in [-0.05, 0) is 55.0 Å². The van der Waals surface area contributed by atoms with Crippen molar-refractivity contribution in [1.82, 2.24) is 9.97 Å². The van der Waals surface area contributed by atoms with Gasteiger partial charge in [0.05, 0.1) is 11.3 Å². The van der Waals surface area contributed by atoms with Gasteiger partial charge in [0.15, 0.2) is 0 Å². The minimum Gasteiger partial charge on any atom is -0.340 e. The fourth-order valence-corrected chi connectivity index (χ4v) is 3.45. The van der Waals surface area contributed by atoms with E-state index in [1.165, 1.54) is 42.4 Å². The first-order chi connectivity index (χ1) is 13.0. The van der Waals surface area contributed by atoms with Crippen LogP contribution in [0.2, 0.25) is 0 Å². The summed E-state index contributed by atoms with van der Waals surface area (Å²) >= 11 is 0. The number of alkyl halides is 3. The summed E-state index contributed by atoms with van der Waals surface area (Å²) in [5.41, 5.74) is 4.23. The zero-order chi connectivity index (χ0) is 18.9. The van der Waals surface area contributed by atoms with Crippen molar-refractivity contribution < 1.29 is 13.2 Å². The Balaban J connectivity index is 1.60. The second-order valence-electron chi connectivity index (χ2n) is 6.64. The van der Waals surface area contributed by atoms with Gasteiger partial charge >= 0.3 is 6.18 Å². The van der Waals surface area contributed by atoms with Crippen molar-refractivity contribution in [2.24, 2.45) is 0 Å². The van der Waals surface area contributed by atoms with E-state index in [0.29, 0.717) is 17.1 Å². The zero-order valence-corrected chi connectivity index (χ0v) is 14.6. The first-order valence-corrected chi connectivity index (χ1v) is 8.88. The van der Waals surface area contributed by atoms with Crippen molar-refractivity contribution in [1.29, 1.82) is 0 Å². The van der Waals surface area contributed by atoms with Crippen molar-refractivity contribution in [3.63, 3.8) is 0 Å². The minimum absolute atomic E-state index is 0.575. The van der Waals surface area contributed by atoms with Crippen LogP contribution in [0.3, 0.4) is 0 Å². The van der Waals surface area contributed by atoms with E-state index in [1.54, 1.807) is 6.07 Å². The molecular weight excluding hydrogens is 351 g/mol. The molecule has 0 fully saturated rings. The molecule has 0 amide bonds. The predicted molar refractivity (Wildman–Crippen MR) is 98.8 cm³/mol. The second kappa shape index (κ2) is 7.02. The molecule has 138 valence electrons. The fraction of sp³-hybridized carbons (Fsp3) is 0.238. The number of rotatable bonds is 3. The molecule has 0 aliphatic heterocycles. The molecule has 0 bridgehead atoms. The number of nitrogens with zero attached hydrogens (tertiary/aromatic N) is 2. The standard InChI is InChI=1S/C21H18F3N3/c22-21(23,24)16-10-8-15(9-11-16)19-12-20(26-13-25-19)27-18-7-3-5-14-4-1-2-6-17(14)18/h3,5,7-13H,1-2,4,6H2,(H,25,26,27). The highest BCUT2D eigenvalue weighted by atomic mass is 19.4. The van der Waals surface area contributed by atoms with Crippen LogP contribution in [0, 0.1) is 0 Å². The molecule has 0 saturated carbocycles. The molecule has 3 aromatic rings. The van der Waals surface area contributed by atoms with Crippen LogP contribution in [0.25, 0.3) is 11.3 Å². The number of fused-ring (bicyclic) bond motifs is 1. The van der Waals surface area contributed by atoms with Crippen LogP contribution >= 0.6 is 0 Å². The lowest BCUT2D eigenvalue weighted by Gasteiger charge is -2.20.